The van der Waals surface area contributed by atoms with Crippen molar-refractivity contribution in [3.8, 4) is 5.75 Å². The zero-order valence-corrected chi connectivity index (χ0v) is 15.4. The Balaban J connectivity index is 2.93. The van der Waals surface area contributed by atoms with E-state index in [-0.39, 0.29) is 43.2 Å². The van der Waals surface area contributed by atoms with Crippen LogP contribution >= 0.6 is 0 Å². The maximum Gasteiger partial charge on any atom is 0.389 e. The largest absolute Gasteiger partial charge is 0.479 e. The van der Waals surface area contributed by atoms with Gasteiger partial charge >= 0.3 is 12.1 Å². The number of hydrogen-bond acceptors (Lipinski definition) is 5. The fourth-order valence-corrected chi connectivity index (χ4v) is 2.36. The maximum atomic E-state index is 14.3. The number of carbonyl (C=O) groups excluding carboxylic acids is 1. The highest BCUT2D eigenvalue weighted by Gasteiger charge is 2.27. The average molecular weight is 392 g/mol. The van der Waals surface area contributed by atoms with Gasteiger partial charge < -0.3 is 20.1 Å². The molecule has 0 bridgehead atoms. The lowest BCUT2D eigenvalue weighted by molar-refractivity contribution is -0.145. The van der Waals surface area contributed by atoms with Crippen LogP contribution in [0.2, 0.25) is 0 Å². The van der Waals surface area contributed by atoms with Gasteiger partial charge in [0.1, 0.15) is 0 Å². The molecule has 0 aromatic heterocycles. The number of anilines is 2. The Kier molecular flexibility index (Phi) is 8.39. The molecule has 0 saturated carbocycles. The van der Waals surface area contributed by atoms with Gasteiger partial charge in [-0.1, -0.05) is 12.2 Å². The van der Waals surface area contributed by atoms with Crippen LogP contribution in [-0.2, 0) is 9.53 Å². The molecule has 0 heterocycles. The lowest BCUT2D eigenvalue weighted by Gasteiger charge is -2.27. The molecule has 1 rings (SSSR count). The molecule has 0 aliphatic heterocycles. The van der Waals surface area contributed by atoms with Crippen molar-refractivity contribution in [2.45, 2.75) is 32.9 Å². The highest BCUT2D eigenvalue weighted by atomic mass is 19.4. The topological polar surface area (TPSA) is 64.8 Å². The van der Waals surface area contributed by atoms with Gasteiger partial charge in [0.25, 0.3) is 0 Å². The summed E-state index contributed by atoms with van der Waals surface area (Å²) in [7, 11) is 0. The quantitative estimate of drug-likeness (QED) is 0.281. The number of nitrogens with two attached hydrogens (primary N) is 1. The molecule has 5 nitrogen and oxygen atoms in total. The molecular formula is C18H24F4N2O3. The van der Waals surface area contributed by atoms with Gasteiger partial charge in [-0.2, -0.15) is 13.2 Å². The van der Waals surface area contributed by atoms with E-state index in [0.717, 1.165) is 6.07 Å². The van der Waals surface area contributed by atoms with E-state index in [1.165, 1.54) is 11.0 Å². The molecule has 0 radical (unpaired) electrons. The Morgan fingerprint density at radius 2 is 2.00 bits per heavy atom. The van der Waals surface area contributed by atoms with Gasteiger partial charge in [-0.3, -0.25) is 0 Å². The number of alkyl halides is 3. The minimum absolute atomic E-state index is 0.0268. The molecule has 9 heteroatoms. The summed E-state index contributed by atoms with van der Waals surface area (Å²) < 4.78 is 61.2. The van der Waals surface area contributed by atoms with Crippen LogP contribution in [0.5, 0.6) is 5.75 Å². The highest BCUT2D eigenvalue weighted by Crippen LogP contribution is 2.32. The van der Waals surface area contributed by atoms with Crippen LogP contribution in [-0.4, -0.2) is 38.4 Å². The third-order valence-electron chi connectivity index (χ3n) is 3.42. The monoisotopic (exact) mass is 392 g/mol. The molecule has 152 valence electrons. The fourth-order valence-electron chi connectivity index (χ4n) is 2.36. The second-order valence-corrected chi connectivity index (χ2v) is 6.03. The molecule has 0 amide bonds. The Hall–Kier alpha value is -2.45. The molecule has 27 heavy (non-hydrogen) atoms. The van der Waals surface area contributed by atoms with Crippen LogP contribution in [0, 0.1) is 5.82 Å². The number of nitrogen functional groups attached to an aromatic ring is 1. The van der Waals surface area contributed by atoms with Gasteiger partial charge in [-0.15, -0.1) is 0 Å². The van der Waals surface area contributed by atoms with Crippen LogP contribution in [0.25, 0.3) is 0 Å². The first-order valence-electron chi connectivity index (χ1n) is 8.37. The summed E-state index contributed by atoms with van der Waals surface area (Å²) in [5.74, 6) is -1.68. The Morgan fingerprint density at radius 1 is 1.33 bits per heavy atom. The van der Waals surface area contributed by atoms with Crippen molar-refractivity contribution in [3.63, 3.8) is 0 Å². The summed E-state index contributed by atoms with van der Waals surface area (Å²) in [4.78, 5) is 12.8. The molecule has 0 saturated heterocycles. The Morgan fingerprint density at radius 3 is 2.56 bits per heavy atom. The Bertz CT molecular complexity index is 663. The molecule has 0 aliphatic rings. The van der Waals surface area contributed by atoms with Crippen LogP contribution < -0.4 is 15.4 Å². The minimum Gasteiger partial charge on any atom is -0.479 e. The molecule has 1 aromatic carbocycles. The van der Waals surface area contributed by atoms with Gasteiger partial charge in [0.2, 0.25) is 0 Å². The molecule has 0 spiro atoms. The van der Waals surface area contributed by atoms with E-state index in [4.69, 9.17) is 10.5 Å². The molecule has 0 unspecified atom stereocenters. The zero-order chi connectivity index (χ0) is 20.6. The van der Waals surface area contributed by atoms with Crippen molar-refractivity contribution in [2.75, 3.05) is 36.9 Å². The summed E-state index contributed by atoms with van der Waals surface area (Å²) in [6.07, 6.45) is -5.39. The maximum absolute atomic E-state index is 14.3. The normalized spacial score (nSPS) is 11.2. The standard InChI is InChI=1S/C18H24F4N2O3/c1-4-26-17(25)11-27-16-9-14(23)15(8-13(16)19)24(10-12(2)3)7-5-6-18(20,21)22/h8-9H,2,4-7,10-11,23H2,1,3H3. The number of rotatable bonds is 10. The third kappa shape index (κ3) is 8.19. The number of carbonyl (C=O) groups is 1. The van der Waals surface area contributed by atoms with Crippen LogP contribution in [0.3, 0.4) is 0 Å². The number of nitrogens with zero attached hydrogens (tertiary/aromatic N) is 1. The van der Waals surface area contributed by atoms with Crippen molar-refractivity contribution >= 4 is 17.3 Å². The predicted molar refractivity (Wildman–Crippen MR) is 95.3 cm³/mol. The highest BCUT2D eigenvalue weighted by molar-refractivity contribution is 5.72. The first-order valence-corrected chi connectivity index (χ1v) is 8.37. The molecule has 2 N–H and O–H groups in total. The average Bonchev–Trinajstić information content (AvgIpc) is 2.53. The molecular weight excluding hydrogens is 368 g/mol. The summed E-state index contributed by atoms with van der Waals surface area (Å²) >= 11 is 0. The first-order chi connectivity index (χ1) is 12.5. The molecule has 0 fully saturated rings. The van der Waals surface area contributed by atoms with Gasteiger partial charge in [-0.05, 0) is 20.3 Å². The Labute approximate surface area is 155 Å². The van der Waals surface area contributed by atoms with E-state index in [9.17, 15) is 22.4 Å². The zero-order valence-electron chi connectivity index (χ0n) is 15.4. The van der Waals surface area contributed by atoms with E-state index in [2.05, 4.69) is 11.3 Å². The lowest BCUT2D eigenvalue weighted by Crippen LogP contribution is -2.28. The second-order valence-electron chi connectivity index (χ2n) is 6.03. The smallest absolute Gasteiger partial charge is 0.389 e. The summed E-state index contributed by atoms with van der Waals surface area (Å²) in [6, 6.07) is 2.27. The first kappa shape index (κ1) is 22.6. The van der Waals surface area contributed by atoms with Crippen LogP contribution in [0.4, 0.5) is 28.9 Å². The third-order valence-corrected chi connectivity index (χ3v) is 3.42. The van der Waals surface area contributed by atoms with Crippen LogP contribution in [0.1, 0.15) is 26.7 Å². The van der Waals surface area contributed by atoms with Crippen molar-refractivity contribution in [1.29, 1.82) is 0 Å². The number of halogens is 4. The fraction of sp³-hybridized carbons (Fsp3) is 0.500. The summed E-state index contributed by atoms with van der Waals surface area (Å²) in [5, 5.41) is 0. The summed E-state index contributed by atoms with van der Waals surface area (Å²) in [5.41, 5.74) is 6.97. The number of hydrogen-bond donors (Lipinski definition) is 1. The van der Waals surface area contributed by atoms with E-state index in [0.29, 0.717) is 5.57 Å². The van der Waals surface area contributed by atoms with E-state index in [1.807, 2.05) is 0 Å². The van der Waals surface area contributed by atoms with Crippen molar-refractivity contribution < 1.29 is 31.8 Å². The van der Waals surface area contributed by atoms with E-state index < -0.39 is 31.0 Å². The minimum atomic E-state index is -4.27. The molecule has 0 aliphatic carbocycles. The predicted octanol–water partition coefficient (Wildman–Crippen LogP) is 4.07. The van der Waals surface area contributed by atoms with Gasteiger partial charge in [0.05, 0.1) is 18.0 Å². The molecule has 0 atom stereocenters. The van der Waals surface area contributed by atoms with Gasteiger partial charge in [-0.25, -0.2) is 9.18 Å². The summed E-state index contributed by atoms with van der Waals surface area (Å²) in [6.45, 7) is 7.01. The SMILES string of the molecule is C=C(C)CN(CCCC(F)(F)F)c1cc(F)c(OCC(=O)OCC)cc1N. The van der Waals surface area contributed by atoms with Crippen molar-refractivity contribution in [1.82, 2.24) is 0 Å². The molecule has 1 aromatic rings. The number of ether oxygens (including phenoxy) is 2. The van der Waals surface area contributed by atoms with E-state index >= 15 is 0 Å². The van der Waals surface area contributed by atoms with E-state index in [1.54, 1.807) is 13.8 Å². The van der Waals surface area contributed by atoms with Crippen molar-refractivity contribution in [3.05, 3.63) is 30.1 Å². The van der Waals surface area contributed by atoms with Gasteiger partial charge in [0, 0.05) is 31.6 Å². The number of esters is 1. The van der Waals surface area contributed by atoms with Crippen LogP contribution in [0.15, 0.2) is 24.3 Å². The lowest BCUT2D eigenvalue weighted by atomic mass is 10.1. The van der Waals surface area contributed by atoms with Crippen molar-refractivity contribution in [2.24, 2.45) is 0 Å². The second kappa shape index (κ2) is 10.0. The van der Waals surface area contributed by atoms with Gasteiger partial charge in [0.15, 0.2) is 18.2 Å². The number of benzene rings is 1.